The van der Waals surface area contributed by atoms with Crippen LogP contribution in [-0.4, -0.2) is 18.3 Å². The second kappa shape index (κ2) is 5.41. The highest BCUT2D eigenvalue weighted by atomic mass is 35.5. The Balaban J connectivity index is 3.30. The molecule has 0 fully saturated rings. The maximum absolute atomic E-state index is 9.70. The first-order valence-corrected chi connectivity index (χ1v) is 5.56. The Morgan fingerprint density at radius 1 is 1.25 bits per heavy atom. The Morgan fingerprint density at radius 2 is 1.88 bits per heavy atom. The van der Waals surface area contributed by atoms with E-state index < -0.39 is 6.10 Å². The maximum atomic E-state index is 9.70. The first-order chi connectivity index (χ1) is 7.47. The Hall–Kier alpha value is -0.930. The van der Waals surface area contributed by atoms with Crippen molar-refractivity contribution in [2.24, 2.45) is 0 Å². The molecule has 0 bridgehead atoms. The fourth-order valence-electron chi connectivity index (χ4n) is 1.46. The van der Waals surface area contributed by atoms with Gasteiger partial charge in [-0.05, 0) is 32.9 Å². The molecule has 0 heterocycles. The predicted octanol–water partition coefficient (Wildman–Crippen LogP) is 3.19. The minimum atomic E-state index is -0.698. The zero-order chi connectivity index (χ0) is 12.3. The van der Waals surface area contributed by atoms with E-state index in [1.54, 1.807) is 26.2 Å². The highest BCUT2D eigenvalue weighted by Crippen LogP contribution is 2.40. The summed E-state index contributed by atoms with van der Waals surface area (Å²) in [4.78, 5) is 0. The van der Waals surface area contributed by atoms with Crippen LogP contribution < -0.4 is 9.47 Å². The van der Waals surface area contributed by atoms with Gasteiger partial charge in [-0.25, -0.2) is 0 Å². The van der Waals surface area contributed by atoms with Gasteiger partial charge in [0.1, 0.15) is 0 Å². The van der Waals surface area contributed by atoms with E-state index in [-0.39, 0.29) is 6.10 Å². The molecule has 0 aromatic heterocycles. The Morgan fingerprint density at radius 3 is 2.31 bits per heavy atom. The summed E-state index contributed by atoms with van der Waals surface area (Å²) in [6.07, 6.45) is -0.707. The van der Waals surface area contributed by atoms with E-state index in [0.29, 0.717) is 22.1 Å². The van der Waals surface area contributed by atoms with Crippen LogP contribution in [0.25, 0.3) is 0 Å². The molecule has 0 saturated carbocycles. The number of hydrogen-bond donors (Lipinski definition) is 1. The summed E-state index contributed by atoms with van der Waals surface area (Å²) in [6.45, 7) is 5.46. The molecule has 0 amide bonds. The van der Waals surface area contributed by atoms with Crippen LogP contribution in [0.1, 0.15) is 32.4 Å². The summed E-state index contributed by atoms with van der Waals surface area (Å²) in [5, 5.41) is 10.2. The van der Waals surface area contributed by atoms with Crippen LogP contribution in [0.5, 0.6) is 11.5 Å². The van der Waals surface area contributed by atoms with Crippen LogP contribution in [0.2, 0.25) is 5.02 Å². The standard InChI is InChI=1S/C12H17ClO3/c1-7(2)16-12-10(15-4)6-5-9(13)11(12)8(3)14/h5-8,14H,1-4H3. The molecular formula is C12H17ClO3. The molecule has 1 atom stereocenters. The zero-order valence-electron chi connectivity index (χ0n) is 9.95. The highest BCUT2D eigenvalue weighted by molar-refractivity contribution is 6.31. The summed E-state index contributed by atoms with van der Waals surface area (Å²) < 4.78 is 10.8. The average molecular weight is 245 g/mol. The van der Waals surface area contributed by atoms with Gasteiger partial charge in [0.2, 0.25) is 0 Å². The summed E-state index contributed by atoms with van der Waals surface area (Å²) in [6, 6.07) is 3.42. The van der Waals surface area contributed by atoms with Gasteiger partial charge in [0, 0.05) is 5.56 Å². The molecule has 0 saturated heterocycles. The number of rotatable bonds is 4. The molecule has 0 aliphatic carbocycles. The number of halogens is 1. The van der Waals surface area contributed by atoms with Crippen molar-refractivity contribution in [3.63, 3.8) is 0 Å². The number of aliphatic hydroxyl groups excluding tert-OH is 1. The van der Waals surface area contributed by atoms with Crippen molar-refractivity contribution < 1.29 is 14.6 Å². The van der Waals surface area contributed by atoms with Crippen molar-refractivity contribution in [1.29, 1.82) is 0 Å². The lowest BCUT2D eigenvalue weighted by molar-refractivity contribution is 0.179. The smallest absolute Gasteiger partial charge is 0.168 e. The SMILES string of the molecule is COc1ccc(Cl)c(C(C)O)c1OC(C)C. The van der Waals surface area contributed by atoms with Crippen LogP contribution in [0, 0.1) is 0 Å². The van der Waals surface area contributed by atoms with Crippen molar-refractivity contribution in [3.8, 4) is 11.5 Å². The fraction of sp³-hybridized carbons (Fsp3) is 0.500. The van der Waals surface area contributed by atoms with Gasteiger partial charge in [0.15, 0.2) is 11.5 Å². The number of ether oxygens (including phenoxy) is 2. The summed E-state index contributed by atoms with van der Waals surface area (Å²) >= 11 is 6.04. The average Bonchev–Trinajstić information content (AvgIpc) is 2.16. The van der Waals surface area contributed by atoms with Gasteiger partial charge >= 0.3 is 0 Å². The quantitative estimate of drug-likeness (QED) is 0.884. The van der Waals surface area contributed by atoms with Gasteiger partial charge in [-0.3, -0.25) is 0 Å². The molecule has 90 valence electrons. The van der Waals surface area contributed by atoms with Gasteiger partial charge in [0.05, 0.1) is 24.3 Å². The summed E-state index contributed by atoms with van der Waals surface area (Å²) in [7, 11) is 1.56. The van der Waals surface area contributed by atoms with Crippen molar-refractivity contribution in [2.75, 3.05) is 7.11 Å². The normalized spacial score (nSPS) is 12.7. The van der Waals surface area contributed by atoms with Crippen LogP contribution in [0.3, 0.4) is 0 Å². The Kier molecular flexibility index (Phi) is 4.44. The molecular weight excluding hydrogens is 228 g/mol. The third kappa shape index (κ3) is 2.80. The minimum absolute atomic E-state index is 0.00938. The number of aliphatic hydroxyl groups is 1. The second-order valence-corrected chi connectivity index (χ2v) is 4.24. The Bertz CT molecular complexity index is 362. The molecule has 3 nitrogen and oxygen atoms in total. The van der Waals surface area contributed by atoms with Gasteiger partial charge in [0.25, 0.3) is 0 Å². The van der Waals surface area contributed by atoms with E-state index in [1.165, 1.54) is 0 Å². The molecule has 1 N–H and O–H groups in total. The van der Waals surface area contributed by atoms with Crippen molar-refractivity contribution in [2.45, 2.75) is 33.0 Å². The molecule has 1 rings (SSSR count). The van der Waals surface area contributed by atoms with E-state index in [1.807, 2.05) is 13.8 Å². The molecule has 1 aromatic carbocycles. The largest absolute Gasteiger partial charge is 0.493 e. The van der Waals surface area contributed by atoms with E-state index >= 15 is 0 Å². The zero-order valence-corrected chi connectivity index (χ0v) is 10.7. The number of hydrogen-bond acceptors (Lipinski definition) is 3. The van der Waals surface area contributed by atoms with Gasteiger partial charge in [-0.2, -0.15) is 0 Å². The molecule has 4 heteroatoms. The highest BCUT2D eigenvalue weighted by Gasteiger charge is 2.19. The van der Waals surface area contributed by atoms with Crippen LogP contribution in [0.15, 0.2) is 12.1 Å². The molecule has 16 heavy (non-hydrogen) atoms. The topological polar surface area (TPSA) is 38.7 Å². The number of methoxy groups -OCH3 is 1. The van der Waals surface area contributed by atoms with Crippen molar-refractivity contribution >= 4 is 11.6 Å². The maximum Gasteiger partial charge on any atom is 0.168 e. The van der Waals surface area contributed by atoms with Crippen LogP contribution >= 0.6 is 11.6 Å². The summed E-state index contributed by atoms with van der Waals surface area (Å²) in [5.74, 6) is 1.09. The lowest BCUT2D eigenvalue weighted by Crippen LogP contribution is -2.10. The minimum Gasteiger partial charge on any atom is -0.493 e. The van der Waals surface area contributed by atoms with Crippen molar-refractivity contribution in [1.82, 2.24) is 0 Å². The lowest BCUT2D eigenvalue weighted by Gasteiger charge is -2.19. The fourth-order valence-corrected chi connectivity index (χ4v) is 1.77. The summed E-state index contributed by atoms with van der Waals surface area (Å²) in [5.41, 5.74) is 0.565. The van der Waals surface area contributed by atoms with Crippen LogP contribution in [0.4, 0.5) is 0 Å². The van der Waals surface area contributed by atoms with Gasteiger partial charge < -0.3 is 14.6 Å². The Labute approximate surface area is 101 Å². The molecule has 1 unspecified atom stereocenters. The second-order valence-electron chi connectivity index (χ2n) is 3.84. The van der Waals surface area contributed by atoms with Crippen LogP contribution in [-0.2, 0) is 0 Å². The van der Waals surface area contributed by atoms with E-state index in [0.717, 1.165) is 0 Å². The molecule has 0 spiro atoms. The van der Waals surface area contributed by atoms with Gasteiger partial charge in [-0.15, -0.1) is 0 Å². The third-order valence-electron chi connectivity index (χ3n) is 2.10. The first kappa shape index (κ1) is 13.1. The lowest BCUT2D eigenvalue weighted by atomic mass is 10.1. The third-order valence-corrected chi connectivity index (χ3v) is 2.43. The van der Waals surface area contributed by atoms with Gasteiger partial charge in [-0.1, -0.05) is 11.6 Å². The first-order valence-electron chi connectivity index (χ1n) is 5.18. The van der Waals surface area contributed by atoms with E-state index in [4.69, 9.17) is 21.1 Å². The predicted molar refractivity (Wildman–Crippen MR) is 64.4 cm³/mol. The molecule has 0 aliphatic heterocycles. The van der Waals surface area contributed by atoms with E-state index in [9.17, 15) is 5.11 Å². The monoisotopic (exact) mass is 244 g/mol. The molecule has 0 radical (unpaired) electrons. The van der Waals surface area contributed by atoms with Crippen molar-refractivity contribution in [3.05, 3.63) is 22.7 Å². The molecule has 0 aliphatic rings. The molecule has 1 aromatic rings. The number of benzene rings is 1. The van der Waals surface area contributed by atoms with E-state index in [2.05, 4.69) is 0 Å².